The highest BCUT2D eigenvalue weighted by Crippen LogP contribution is 1.81. The number of nitrogens with zero attached hydrogens (tertiary/aromatic N) is 2. The van der Waals surface area contributed by atoms with Crippen molar-refractivity contribution < 1.29 is 9.47 Å². The Morgan fingerprint density at radius 2 is 1.83 bits per heavy atom. The fraction of sp³-hybridized carbons (Fsp3) is 1.00. The molecule has 0 aliphatic heterocycles. The van der Waals surface area contributed by atoms with E-state index in [9.17, 15) is 0 Å². The van der Waals surface area contributed by atoms with E-state index in [2.05, 4.69) is 10.0 Å². The predicted molar refractivity (Wildman–Crippen MR) is 44.5 cm³/mol. The first-order valence-electron chi connectivity index (χ1n) is 3.66. The molecule has 70 valence electrons. The second-order valence-corrected chi connectivity index (χ2v) is 2.26. The molecule has 0 aromatic heterocycles. The van der Waals surface area contributed by atoms with Crippen molar-refractivity contribution in [2.45, 2.75) is 0 Å². The van der Waals surface area contributed by atoms with E-state index in [1.807, 2.05) is 0 Å². The van der Waals surface area contributed by atoms with Crippen LogP contribution in [0.2, 0.25) is 0 Å². The van der Waals surface area contributed by atoms with Gasteiger partial charge in [-0.25, -0.2) is 0 Å². The number of rotatable bonds is 8. The monoisotopic (exact) mass is 194 g/mol. The molecule has 0 aliphatic rings. The second kappa shape index (κ2) is 10.5. The molecule has 0 saturated carbocycles. The van der Waals surface area contributed by atoms with Crippen molar-refractivity contribution in [1.29, 1.82) is 5.53 Å². The average molecular weight is 195 g/mol. The lowest BCUT2D eigenvalue weighted by atomic mass is 10.7. The molecule has 0 spiro atoms. The van der Waals surface area contributed by atoms with Crippen LogP contribution in [0, 0.1) is 5.53 Å². The zero-order valence-electron chi connectivity index (χ0n) is 6.83. The third-order valence-electron chi connectivity index (χ3n) is 1.000. The minimum Gasteiger partial charge on any atom is -0.378 e. The standard InChI is InChI=1S/C6H13ClN3O2/c7-1-3-11-5-6-12-4-2-9-10-8/h8H,1-6H2/q+1. The Morgan fingerprint density at radius 3 is 2.42 bits per heavy atom. The minimum atomic E-state index is 0.430. The average Bonchev–Trinajstić information content (AvgIpc) is 2.10. The van der Waals surface area contributed by atoms with E-state index >= 15 is 0 Å². The van der Waals surface area contributed by atoms with E-state index in [1.54, 1.807) is 0 Å². The first-order valence-corrected chi connectivity index (χ1v) is 4.20. The molecule has 0 aliphatic carbocycles. The molecule has 0 heterocycles. The summed E-state index contributed by atoms with van der Waals surface area (Å²) in [6, 6.07) is 0. The van der Waals surface area contributed by atoms with Crippen LogP contribution in [-0.4, -0.2) is 38.9 Å². The van der Waals surface area contributed by atoms with E-state index < -0.39 is 0 Å². The molecular weight excluding hydrogens is 182 g/mol. The third-order valence-corrected chi connectivity index (χ3v) is 1.15. The predicted octanol–water partition coefficient (Wildman–Crippen LogP) is 0.809. The third kappa shape index (κ3) is 9.52. The minimum absolute atomic E-state index is 0.430. The first kappa shape index (κ1) is 11.5. The molecule has 12 heavy (non-hydrogen) atoms. The topological polar surface area (TPSA) is 68.8 Å². The highest BCUT2D eigenvalue weighted by molar-refractivity contribution is 6.17. The van der Waals surface area contributed by atoms with Crippen LogP contribution in [0.5, 0.6) is 0 Å². The lowest BCUT2D eigenvalue weighted by molar-refractivity contribution is 0.0565. The van der Waals surface area contributed by atoms with E-state index in [0.29, 0.717) is 38.9 Å². The van der Waals surface area contributed by atoms with Gasteiger partial charge in [-0.15, -0.1) is 11.6 Å². The van der Waals surface area contributed by atoms with E-state index in [0.717, 1.165) is 0 Å². The van der Waals surface area contributed by atoms with Crippen LogP contribution in [0.15, 0.2) is 5.11 Å². The van der Waals surface area contributed by atoms with Gasteiger partial charge in [0.2, 0.25) is 4.91 Å². The number of hydrogen-bond acceptors (Lipinski definition) is 4. The summed E-state index contributed by atoms with van der Waals surface area (Å²) in [5.41, 5.74) is 6.34. The maximum Gasteiger partial charge on any atom is 0.214 e. The van der Waals surface area contributed by atoms with Crippen molar-refractivity contribution in [3.05, 3.63) is 0 Å². The number of halogens is 1. The SMILES string of the molecule is N=[N+]=NCCOCCOCCCl. The van der Waals surface area contributed by atoms with Crippen LogP contribution in [0.3, 0.4) is 0 Å². The summed E-state index contributed by atoms with van der Waals surface area (Å²) in [6.07, 6.45) is 0. The first-order chi connectivity index (χ1) is 5.91. The van der Waals surface area contributed by atoms with Gasteiger partial charge in [0.05, 0.1) is 26.4 Å². The van der Waals surface area contributed by atoms with Crippen LogP contribution in [0.1, 0.15) is 0 Å². The molecule has 1 N–H and O–H groups in total. The summed E-state index contributed by atoms with van der Waals surface area (Å²) < 4.78 is 10.1. The van der Waals surface area contributed by atoms with Gasteiger partial charge in [-0.3, -0.25) is 0 Å². The largest absolute Gasteiger partial charge is 0.378 e. The molecular formula is C6H13ClN3O2+. The molecule has 5 nitrogen and oxygen atoms in total. The molecule has 0 saturated heterocycles. The van der Waals surface area contributed by atoms with Gasteiger partial charge in [-0.05, 0) is 0 Å². The van der Waals surface area contributed by atoms with Gasteiger partial charge in [0, 0.05) is 5.88 Å². The fourth-order valence-electron chi connectivity index (χ4n) is 0.532. The van der Waals surface area contributed by atoms with Crippen molar-refractivity contribution in [2.24, 2.45) is 5.11 Å². The van der Waals surface area contributed by atoms with Gasteiger partial charge >= 0.3 is 0 Å². The summed E-state index contributed by atoms with van der Waals surface area (Å²) in [4.78, 5) is 2.83. The normalized spacial score (nSPS) is 9.42. The van der Waals surface area contributed by atoms with Crippen LogP contribution < -0.4 is 4.91 Å². The molecule has 0 aromatic rings. The molecule has 0 rings (SSSR count). The Hall–Kier alpha value is -0.480. The lowest BCUT2D eigenvalue weighted by Gasteiger charge is -2.00. The van der Waals surface area contributed by atoms with Crippen LogP contribution >= 0.6 is 11.6 Å². The van der Waals surface area contributed by atoms with Crippen molar-refractivity contribution in [2.75, 3.05) is 38.9 Å². The number of ether oxygens (including phenoxy) is 2. The Morgan fingerprint density at radius 1 is 1.17 bits per heavy atom. The molecule has 0 unspecified atom stereocenters. The summed E-state index contributed by atoms with van der Waals surface area (Å²) in [7, 11) is 0. The van der Waals surface area contributed by atoms with Gasteiger partial charge in [-0.2, -0.15) is 0 Å². The van der Waals surface area contributed by atoms with Crippen molar-refractivity contribution in [3.63, 3.8) is 0 Å². The van der Waals surface area contributed by atoms with Gasteiger partial charge in [0.25, 0.3) is 0 Å². The molecule has 0 atom stereocenters. The van der Waals surface area contributed by atoms with E-state index in [-0.39, 0.29) is 0 Å². The zero-order chi connectivity index (χ0) is 9.07. The molecule has 0 aromatic carbocycles. The molecule has 6 heteroatoms. The van der Waals surface area contributed by atoms with Gasteiger partial charge in [0.1, 0.15) is 17.2 Å². The maximum absolute atomic E-state index is 6.34. The van der Waals surface area contributed by atoms with Gasteiger partial charge in [-0.1, -0.05) is 0 Å². The maximum atomic E-state index is 6.34. The Labute approximate surface area is 76.2 Å². The Kier molecular flexibility index (Phi) is 10.1. The highest BCUT2D eigenvalue weighted by atomic mass is 35.5. The second-order valence-electron chi connectivity index (χ2n) is 1.88. The Balaban J connectivity index is 2.86. The van der Waals surface area contributed by atoms with Crippen LogP contribution in [0.25, 0.3) is 0 Å². The number of alkyl halides is 1. The number of hydrogen-bond donors (Lipinski definition) is 1. The van der Waals surface area contributed by atoms with Crippen molar-refractivity contribution >= 4 is 11.6 Å². The molecule has 0 amide bonds. The molecule has 0 fully saturated rings. The molecule has 0 radical (unpaired) electrons. The zero-order valence-corrected chi connectivity index (χ0v) is 7.59. The summed E-state index contributed by atoms with van der Waals surface area (Å²) >= 11 is 5.37. The number of nitrogens with one attached hydrogen (secondary N) is 1. The van der Waals surface area contributed by atoms with Crippen LogP contribution in [-0.2, 0) is 9.47 Å². The van der Waals surface area contributed by atoms with Gasteiger partial charge in [0.15, 0.2) is 0 Å². The lowest BCUT2D eigenvalue weighted by Crippen LogP contribution is -2.07. The summed E-state index contributed by atoms with van der Waals surface area (Å²) in [5, 5.41) is 3.41. The summed E-state index contributed by atoms with van der Waals surface area (Å²) in [5.74, 6) is 0.507. The van der Waals surface area contributed by atoms with Crippen molar-refractivity contribution in [3.8, 4) is 0 Å². The smallest absolute Gasteiger partial charge is 0.214 e. The highest BCUT2D eigenvalue weighted by Gasteiger charge is 1.90. The molecule has 0 bridgehead atoms. The summed E-state index contributed by atoms with van der Waals surface area (Å²) in [6.45, 7) is 2.54. The fourth-order valence-corrected chi connectivity index (χ4v) is 0.641. The van der Waals surface area contributed by atoms with E-state index in [1.165, 1.54) is 0 Å². The van der Waals surface area contributed by atoms with Crippen LogP contribution in [0.4, 0.5) is 0 Å². The quantitative estimate of drug-likeness (QED) is 0.269. The van der Waals surface area contributed by atoms with Crippen molar-refractivity contribution in [1.82, 2.24) is 4.91 Å². The Bertz CT molecular complexity index is 139. The van der Waals surface area contributed by atoms with E-state index in [4.69, 9.17) is 26.6 Å². The van der Waals surface area contributed by atoms with Gasteiger partial charge < -0.3 is 9.47 Å².